The molecule has 3 N–H and O–H groups in total. The number of hydrazine groups is 1. The van der Waals surface area contributed by atoms with Crippen molar-refractivity contribution in [1.29, 1.82) is 0 Å². The lowest BCUT2D eigenvalue weighted by molar-refractivity contribution is -0.385. The number of aromatic nitrogens is 1. The van der Waals surface area contributed by atoms with Crippen LogP contribution < -0.4 is 11.3 Å². The number of nitro benzene ring substituents is 1. The van der Waals surface area contributed by atoms with Crippen LogP contribution in [-0.2, 0) is 0 Å². The summed E-state index contributed by atoms with van der Waals surface area (Å²) >= 11 is 1.34. The number of nitrogen functional groups attached to an aromatic ring is 1. The zero-order valence-corrected chi connectivity index (χ0v) is 10.1. The van der Waals surface area contributed by atoms with Gasteiger partial charge in [0.05, 0.1) is 10.6 Å². The summed E-state index contributed by atoms with van der Waals surface area (Å²) < 4.78 is 0. The number of benzene rings is 1. The molecule has 0 amide bonds. The van der Waals surface area contributed by atoms with Crippen LogP contribution in [0.1, 0.15) is 0 Å². The number of rotatable bonds is 4. The molecule has 0 spiro atoms. The minimum Gasteiger partial charge on any atom is -0.324 e. The van der Waals surface area contributed by atoms with Crippen molar-refractivity contribution in [3.63, 3.8) is 0 Å². The van der Waals surface area contributed by atoms with Crippen molar-refractivity contribution in [2.75, 3.05) is 5.43 Å². The fraction of sp³-hybridized carbons (Fsp3) is 0. The van der Waals surface area contributed by atoms with Crippen LogP contribution in [0.25, 0.3) is 0 Å². The fourth-order valence-corrected chi connectivity index (χ4v) is 2.23. The average molecular weight is 262 g/mol. The second kappa shape index (κ2) is 5.48. The molecule has 6 nitrogen and oxygen atoms in total. The molecule has 0 aliphatic rings. The summed E-state index contributed by atoms with van der Waals surface area (Å²) in [4.78, 5) is 15.2. The number of hydrogen-bond donors (Lipinski definition) is 2. The molecule has 18 heavy (non-hydrogen) atoms. The Morgan fingerprint density at radius 1 is 1.33 bits per heavy atom. The zero-order chi connectivity index (χ0) is 13.0. The lowest BCUT2D eigenvalue weighted by atomic mass is 10.3. The van der Waals surface area contributed by atoms with Crippen LogP contribution >= 0.6 is 11.8 Å². The Balaban J connectivity index is 2.32. The number of hydrogen-bond acceptors (Lipinski definition) is 6. The summed E-state index contributed by atoms with van der Waals surface area (Å²) in [7, 11) is 0. The fourth-order valence-electron chi connectivity index (χ4n) is 1.36. The highest BCUT2D eigenvalue weighted by molar-refractivity contribution is 7.99. The van der Waals surface area contributed by atoms with Crippen LogP contribution in [0.4, 0.5) is 11.4 Å². The molecule has 1 aromatic heterocycles. The molecular weight excluding hydrogens is 252 g/mol. The minimum atomic E-state index is -0.455. The van der Waals surface area contributed by atoms with Crippen molar-refractivity contribution < 1.29 is 4.92 Å². The van der Waals surface area contributed by atoms with Gasteiger partial charge in [0.1, 0.15) is 5.03 Å². The van der Waals surface area contributed by atoms with Gasteiger partial charge in [0, 0.05) is 23.2 Å². The Morgan fingerprint density at radius 3 is 2.78 bits per heavy atom. The van der Waals surface area contributed by atoms with E-state index in [-0.39, 0.29) is 5.69 Å². The monoisotopic (exact) mass is 262 g/mol. The number of nitrogens with zero attached hydrogens (tertiary/aromatic N) is 2. The van der Waals surface area contributed by atoms with Gasteiger partial charge >= 0.3 is 0 Å². The van der Waals surface area contributed by atoms with Gasteiger partial charge in [0.2, 0.25) is 0 Å². The van der Waals surface area contributed by atoms with Gasteiger partial charge in [0.15, 0.2) is 0 Å². The van der Waals surface area contributed by atoms with Crippen LogP contribution in [0, 0.1) is 10.1 Å². The van der Waals surface area contributed by atoms with Crippen molar-refractivity contribution in [3.8, 4) is 0 Å². The maximum Gasteiger partial charge on any atom is 0.272 e. The summed E-state index contributed by atoms with van der Waals surface area (Å²) in [5.74, 6) is 5.28. The van der Waals surface area contributed by atoms with E-state index in [1.54, 1.807) is 12.3 Å². The first-order valence-electron chi connectivity index (χ1n) is 5.04. The van der Waals surface area contributed by atoms with Gasteiger partial charge in [-0.15, -0.1) is 0 Å². The van der Waals surface area contributed by atoms with Crippen molar-refractivity contribution in [1.82, 2.24) is 4.98 Å². The molecule has 0 atom stereocenters. The molecule has 92 valence electrons. The number of nitrogens with two attached hydrogens (primary N) is 1. The van der Waals surface area contributed by atoms with Crippen molar-refractivity contribution >= 4 is 23.1 Å². The highest BCUT2D eigenvalue weighted by Crippen LogP contribution is 2.31. The molecule has 0 fully saturated rings. The van der Waals surface area contributed by atoms with Crippen LogP contribution in [0.3, 0.4) is 0 Å². The van der Waals surface area contributed by atoms with Gasteiger partial charge in [-0.25, -0.2) is 4.98 Å². The summed E-state index contributed by atoms with van der Waals surface area (Å²) in [5, 5.41) is 11.6. The van der Waals surface area contributed by atoms with Gasteiger partial charge < -0.3 is 5.43 Å². The van der Waals surface area contributed by atoms with Gasteiger partial charge in [0.25, 0.3) is 5.69 Å². The smallest absolute Gasteiger partial charge is 0.272 e. The third kappa shape index (κ3) is 2.96. The quantitative estimate of drug-likeness (QED) is 0.499. The van der Waals surface area contributed by atoms with Gasteiger partial charge in [-0.3, -0.25) is 16.0 Å². The first-order valence-corrected chi connectivity index (χ1v) is 5.85. The average Bonchev–Trinajstić information content (AvgIpc) is 2.39. The van der Waals surface area contributed by atoms with Crippen molar-refractivity contribution in [2.45, 2.75) is 9.92 Å². The highest BCUT2D eigenvalue weighted by Gasteiger charge is 2.10. The number of anilines is 1. The van der Waals surface area contributed by atoms with E-state index in [9.17, 15) is 10.1 Å². The number of nitrogens with one attached hydrogen (secondary N) is 1. The van der Waals surface area contributed by atoms with Crippen LogP contribution in [-0.4, -0.2) is 9.91 Å². The van der Waals surface area contributed by atoms with Crippen LogP contribution in [0.15, 0.2) is 52.5 Å². The molecule has 0 radical (unpaired) electrons. The molecule has 0 saturated heterocycles. The third-order valence-corrected chi connectivity index (χ3v) is 3.05. The number of pyridine rings is 1. The predicted octanol–water partition coefficient (Wildman–Crippen LogP) is 2.43. The Morgan fingerprint density at radius 2 is 2.17 bits per heavy atom. The van der Waals surface area contributed by atoms with Gasteiger partial charge in [-0.1, -0.05) is 17.8 Å². The number of nitro groups is 1. The predicted molar refractivity (Wildman–Crippen MR) is 69.3 cm³/mol. The maximum absolute atomic E-state index is 10.8. The van der Waals surface area contributed by atoms with E-state index in [1.807, 2.05) is 18.2 Å². The van der Waals surface area contributed by atoms with Crippen molar-refractivity contribution in [2.24, 2.45) is 5.84 Å². The Kier molecular flexibility index (Phi) is 3.75. The summed E-state index contributed by atoms with van der Waals surface area (Å²) in [6, 6.07) is 10.1. The topological polar surface area (TPSA) is 94.1 Å². The Hall–Kier alpha value is -2.12. The Bertz CT molecular complexity index is 562. The van der Waals surface area contributed by atoms with E-state index < -0.39 is 4.92 Å². The largest absolute Gasteiger partial charge is 0.324 e. The normalized spacial score (nSPS) is 10.1. The van der Waals surface area contributed by atoms with Crippen LogP contribution in [0.2, 0.25) is 0 Å². The number of non-ortho nitro benzene ring substituents is 1. The maximum atomic E-state index is 10.8. The van der Waals surface area contributed by atoms with E-state index in [0.717, 1.165) is 5.03 Å². The van der Waals surface area contributed by atoms with Crippen molar-refractivity contribution in [3.05, 3.63) is 52.7 Å². The van der Waals surface area contributed by atoms with E-state index in [4.69, 9.17) is 5.84 Å². The van der Waals surface area contributed by atoms with Crippen LogP contribution in [0.5, 0.6) is 0 Å². The molecular formula is C11H10N4O2S. The molecule has 7 heteroatoms. The SMILES string of the molecule is NNc1cc(Sc2ccccn2)cc([N+](=O)[O-])c1. The molecule has 2 rings (SSSR count). The standard InChI is InChI=1S/C11H10N4O2S/c12-14-8-5-9(15(16)17)7-10(6-8)18-11-3-1-2-4-13-11/h1-7,14H,12H2. The zero-order valence-electron chi connectivity index (χ0n) is 9.24. The molecule has 0 aliphatic carbocycles. The van der Waals surface area contributed by atoms with Gasteiger partial charge in [-0.2, -0.15) is 0 Å². The van der Waals surface area contributed by atoms with E-state index >= 15 is 0 Å². The summed E-state index contributed by atoms with van der Waals surface area (Å²) in [6.45, 7) is 0. The Labute approximate surface area is 107 Å². The molecule has 0 aliphatic heterocycles. The van der Waals surface area contributed by atoms with E-state index in [1.165, 1.54) is 23.9 Å². The van der Waals surface area contributed by atoms with E-state index in [2.05, 4.69) is 10.4 Å². The lowest BCUT2D eigenvalue weighted by Gasteiger charge is -2.04. The second-order valence-corrected chi connectivity index (χ2v) is 4.48. The molecule has 0 unspecified atom stereocenters. The third-order valence-electron chi connectivity index (χ3n) is 2.13. The summed E-state index contributed by atoms with van der Waals surface area (Å²) in [5.41, 5.74) is 2.89. The van der Waals surface area contributed by atoms with E-state index in [0.29, 0.717) is 10.6 Å². The molecule has 0 bridgehead atoms. The minimum absolute atomic E-state index is 0.0103. The lowest BCUT2D eigenvalue weighted by Crippen LogP contribution is -2.07. The van der Waals surface area contributed by atoms with Gasteiger partial charge in [-0.05, 0) is 18.2 Å². The molecule has 0 saturated carbocycles. The second-order valence-electron chi connectivity index (χ2n) is 3.39. The molecule has 2 aromatic rings. The first-order chi connectivity index (χ1) is 8.69. The molecule has 1 aromatic carbocycles. The highest BCUT2D eigenvalue weighted by atomic mass is 32.2. The summed E-state index contributed by atoms with van der Waals surface area (Å²) in [6.07, 6.45) is 1.67. The first kappa shape index (κ1) is 12.3. The molecule has 1 heterocycles.